The van der Waals surface area contributed by atoms with Gasteiger partial charge in [0.1, 0.15) is 17.5 Å². The van der Waals surface area contributed by atoms with Crippen molar-refractivity contribution in [2.45, 2.75) is 33.4 Å². The van der Waals surface area contributed by atoms with Crippen LogP contribution in [0.25, 0.3) is 0 Å². The van der Waals surface area contributed by atoms with Crippen molar-refractivity contribution in [1.29, 1.82) is 0 Å². The molecule has 1 atom stereocenters. The van der Waals surface area contributed by atoms with Crippen LogP contribution in [0.2, 0.25) is 0 Å². The van der Waals surface area contributed by atoms with Crippen molar-refractivity contribution in [3.63, 3.8) is 0 Å². The highest BCUT2D eigenvalue weighted by atomic mass is 15.3. The summed E-state index contributed by atoms with van der Waals surface area (Å²) < 4.78 is 2.02. The van der Waals surface area contributed by atoms with Gasteiger partial charge < -0.3 is 15.3 Å². The van der Waals surface area contributed by atoms with E-state index in [4.69, 9.17) is 5.84 Å². The van der Waals surface area contributed by atoms with Crippen LogP contribution >= 0.6 is 0 Å². The SMILES string of the molecule is Cc1nc(NN)c(C)c(NC(C)Cn2ccnc2)n1. The summed E-state index contributed by atoms with van der Waals surface area (Å²) in [6, 6.07) is 0.216. The van der Waals surface area contributed by atoms with E-state index < -0.39 is 0 Å². The molecule has 19 heavy (non-hydrogen) atoms. The van der Waals surface area contributed by atoms with Crippen molar-refractivity contribution < 1.29 is 0 Å². The molecule has 4 N–H and O–H groups in total. The first kappa shape index (κ1) is 13.3. The highest BCUT2D eigenvalue weighted by Crippen LogP contribution is 2.19. The molecule has 2 rings (SSSR count). The first-order valence-electron chi connectivity index (χ1n) is 6.14. The first-order chi connectivity index (χ1) is 9.10. The number of nitrogens with two attached hydrogens (primary N) is 1. The van der Waals surface area contributed by atoms with Crippen LogP contribution in [-0.4, -0.2) is 25.6 Å². The van der Waals surface area contributed by atoms with Crippen LogP contribution in [0.15, 0.2) is 18.7 Å². The Balaban J connectivity index is 2.12. The average Bonchev–Trinajstić information content (AvgIpc) is 2.86. The fourth-order valence-electron chi connectivity index (χ4n) is 1.90. The van der Waals surface area contributed by atoms with Crippen LogP contribution in [0.3, 0.4) is 0 Å². The Labute approximate surface area is 112 Å². The quantitative estimate of drug-likeness (QED) is 0.551. The number of nitrogens with one attached hydrogen (secondary N) is 2. The van der Waals surface area contributed by atoms with Crippen molar-refractivity contribution in [2.24, 2.45) is 5.84 Å². The van der Waals surface area contributed by atoms with Crippen LogP contribution in [0, 0.1) is 13.8 Å². The second-order valence-electron chi connectivity index (χ2n) is 4.54. The normalized spacial score (nSPS) is 12.2. The van der Waals surface area contributed by atoms with Gasteiger partial charge in [0, 0.05) is 30.5 Å². The lowest BCUT2D eigenvalue weighted by atomic mass is 10.2. The fourth-order valence-corrected chi connectivity index (χ4v) is 1.90. The predicted octanol–water partition coefficient (Wildman–Crippen LogP) is 1.08. The molecule has 0 saturated heterocycles. The summed E-state index contributed by atoms with van der Waals surface area (Å²) in [7, 11) is 0. The standard InChI is InChI=1S/C12H19N7/c1-8(6-19-5-4-14-7-19)15-11-9(2)12(18-13)17-10(3)16-11/h4-5,7-8H,6,13H2,1-3H3,(H2,15,16,17,18). The van der Waals surface area contributed by atoms with Crippen LogP contribution in [0.1, 0.15) is 18.3 Å². The lowest BCUT2D eigenvalue weighted by Crippen LogP contribution is -2.23. The molecule has 0 aliphatic carbocycles. The summed E-state index contributed by atoms with van der Waals surface area (Å²) in [5, 5.41) is 3.37. The summed E-state index contributed by atoms with van der Waals surface area (Å²) in [5.74, 6) is 7.57. The van der Waals surface area contributed by atoms with E-state index in [9.17, 15) is 0 Å². The zero-order chi connectivity index (χ0) is 13.8. The van der Waals surface area contributed by atoms with E-state index in [0.29, 0.717) is 11.6 Å². The number of hydrazine groups is 1. The van der Waals surface area contributed by atoms with Crippen LogP contribution in [0.4, 0.5) is 11.6 Å². The van der Waals surface area contributed by atoms with Gasteiger partial charge in [0.05, 0.1) is 6.33 Å². The Hall–Kier alpha value is -2.15. The van der Waals surface area contributed by atoms with Gasteiger partial charge in [-0.1, -0.05) is 0 Å². The Kier molecular flexibility index (Phi) is 3.96. The van der Waals surface area contributed by atoms with Gasteiger partial charge in [0.25, 0.3) is 0 Å². The van der Waals surface area contributed by atoms with E-state index in [1.165, 1.54) is 0 Å². The van der Waals surface area contributed by atoms with Crippen molar-refractivity contribution in [1.82, 2.24) is 19.5 Å². The molecule has 0 radical (unpaired) electrons. The average molecular weight is 261 g/mol. The summed E-state index contributed by atoms with van der Waals surface area (Å²) in [5.41, 5.74) is 3.50. The zero-order valence-corrected chi connectivity index (χ0v) is 11.4. The fraction of sp³-hybridized carbons (Fsp3) is 0.417. The molecule has 0 saturated carbocycles. The van der Waals surface area contributed by atoms with Gasteiger partial charge in [-0.15, -0.1) is 0 Å². The molecule has 2 aromatic heterocycles. The summed E-state index contributed by atoms with van der Waals surface area (Å²) in [4.78, 5) is 12.7. The zero-order valence-electron chi connectivity index (χ0n) is 11.4. The van der Waals surface area contributed by atoms with Gasteiger partial charge >= 0.3 is 0 Å². The highest BCUT2D eigenvalue weighted by molar-refractivity contribution is 5.56. The minimum absolute atomic E-state index is 0.216. The lowest BCUT2D eigenvalue weighted by Gasteiger charge is -2.18. The van der Waals surface area contributed by atoms with Crippen LogP contribution in [0.5, 0.6) is 0 Å². The maximum atomic E-state index is 5.45. The van der Waals surface area contributed by atoms with Crippen molar-refractivity contribution >= 4 is 11.6 Å². The smallest absolute Gasteiger partial charge is 0.148 e. The molecule has 1 unspecified atom stereocenters. The molecule has 7 nitrogen and oxygen atoms in total. The Bertz CT molecular complexity index is 535. The number of hydrogen-bond acceptors (Lipinski definition) is 6. The topological polar surface area (TPSA) is 93.7 Å². The van der Waals surface area contributed by atoms with Crippen molar-refractivity contribution in [3.05, 3.63) is 30.1 Å². The lowest BCUT2D eigenvalue weighted by molar-refractivity contribution is 0.616. The van der Waals surface area contributed by atoms with Gasteiger partial charge in [0.2, 0.25) is 0 Å². The highest BCUT2D eigenvalue weighted by Gasteiger charge is 2.11. The number of hydrogen-bond donors (Lipinski definition) is 3. The van der Waals surface area contributed by atoms with E-state index in [0.717, 1.165) is 17.9 Å². The number of rotatable bonds is 5. The van der Waals surface area contributed by atoms with Gasteiger partial charge in [-0.05, 0) is 20.8 Å². The van der Waals surface area contributed by atoms with Crippen molar-refractivity contribution in [3.8, 4) is 0 Å². The predicted molar refractivity (Wildman–Crippen MR) is 74.6 cm³/mol. The third-order valence-electron chi connectivity index (χ3n) is 2.82. The molecular formula is C12H19N7. The third kappa shape index (κ3) is 3.19. The van der Waals surface area contributed by atoms with Gasteiger partial charge in [-0.2, -0.15) is 0 Å². The van der Waals surface area contributed by atoms with Gasteiger partial charge in [-0.25, -0.2) is 20.8 Å². The number of aryl methyl sites for hydroxylation is 1. The Morgan fingerprint density at radius 3 is 2.68 bits per heavy atom. The maximum Gasteiger partial charge on any atom is 0.148 e. The van der Waals surface area contributed by atoms with Crippen LogP contribution in [-0.2, 0) is 6.54 Å². The Morgan fingerprint density at radius 1 is 1.32 bits per heavy atom. The molecule has 0 amide bonds. The molecule has 0 spiro atoms. The third-order valence-corrected chi connectivity index (χ3v) is 2.82. The van der Waals surface area contributed by atoms with Gasteiger partial charge in [-0.3, -0.25) is 0 Å². The molecule has 0 fully saturated rings. The molecule has 0 aliphatic heterocycles. The number of nitrogens with zero attached hydrogens (tertiary/aromatic N) is 4. The molecule has 2 aromatic rings. The maximum absolute atomic E-state index is 5.45. The second-order valence-corrected chi connectivity index (χ2v) is 4.54. The van der Waals surface area contributed by atoms with Crippen LogP contribution < -0.4 is 16.6 Å². The summed E-state index contributed by atoms with van der Waals surface area (Å²) in [6.07, 6.45) is 5.50. The molecule has 102 valence electrons. The second kappa shape index (κ2) is 5.66. The van der Waals surface area contributed by atoms with E-state index in [1.54, 1.807) is 12.5 Å². The molecule has 2 heterocycles. The first-order valence-corrected chi connectivity index (χ1v) is 6.14. The minimum atomic E-state index is 0.216. The molecule has 7 heteroatoms. The monoisotopic (exact) mass is 261 g/mol. The van der Waals surface area contributed by atoms with E-state index in [-0.39, 0.29) is 6.04 Å². The minimum Gasteiger partial charge on any atom is -0.365 e. The molecule has 0 bridgehead atoms. The molecule has 0 aromatic carbocycles. The van der Waals surface area contributed by atoms with E-state index >= 15 is 0 Å². The summed E-state index contributed by atoms with van der Waals surface area (Å²) in [6.45, 7) is 6.67. The summed E-state index contributed by atoms with van der Waals surface area (Å²) >= 11 is 0. The van der Waals surface area contributed by atoms with E-state index in [1.807, 2.05) is 24.6 Å². The number of imidazole rings is 1. The van der Waals surface area contributed by atoms with E-state index in [2.05, 4.69) is 32.6 Å². The van der Waals surface area contributed by atoms with Gasteiger partial charge in [0.15, 0.2) is 0 Å². The molecular weight excluding hydrogens is 242 g/mol. The number of anilines is 2. The molecule has 0 aliphatic rings. The Morgan fingerprint density at radius 2 is 2.05 bits per heavy atom. The number of nitrogen functional groups attached to an aromatic ring is 1. The number of aromatic nitrogens is 4. The largest absolute Gasteiger partial charge is 0.365 e. The van der Waals surface area contributed by atoms with Crippen molar-refractivity contribution in [2.75, 3.05) is 10.7 Å².